The van der Waals surface area contributed by atoms with Crippen molar-refractivity contribution in [1.29, 1.82) is 0 Å². The first-order chi connectivity index (χ1) is 14.6. The molecule has 1 aliphatic rings. The molecule has 0 unspecified atom stereocenters. The molecule has 0 atom stereocenters. The lowest BCUT2D eigenvalue weighted by Crippen LogP contribution is -2.35. The van der Waals surface area contributed by atoms with E-state index in [2.05, 4.69) is 15.3 Å². The number of hydrogen-bond donors (Lipinski definition) is 2. The molecule has 1 aromatic heterocycles. The van der Waals surface area contributed by atoms with Crippen molar-refractivity contribution in [3.8, 4) is 0 Å². The zero-order valence-corrected chi connectivity index (χ0v) is 16.7. The second kappa shape index (κ2) is 8.90. The minimum Gasteiger partial charge on any atom is -0.339 e. The number of H-pyrrole nitrogens is 1. The summed E-state index contributed by atoms with van der Waals surface area (Å²) >= 11 is 0. The molecule has 0 radical (unpaired) electrons. The van der Waals surface area contributed by atoms with Gasteiger partial charge in [-0.25, -0.2) is 4.98 Å². The number of piperidine rings is 1. The third-order valence-corrected chi connectivity index (χ3v) is 5.29. The summed E-state index contributed by atoms with van der Waals surface area (Å²) in [6, 6.07) is 14.1. The van der Waals surface area contributed by atoms with Crippen molar-refractivity contribution in [2.24, 2.45) is 0 Å². The number of fused-ring (bicyclic) bond motifs is 1. The van der Waals surface area contributed by atoms with Crippen molar-refractivity contribution in [3.05, 3.63) is 70.3 Å². The highest BCUT2D eigenvalue weighted by molar-refractivity contribution is 5.97. The molecule has 2 N–H and O–H groups in total. The van der Waals surface area contributed by atoms with E-state index < -0.39 is 0 Å². The van der Waals surface area contributed by atoms with E-state index in [-0.39, 0.29) is 23.8 Å². The van der Waals surface area contributed by atoms with Gasteiger partial charge >= 0.3 is 0 Å². The van der Waals surface area contributed by atoms with Crippen LogP contribution in [0.15, 0.2) is 53.3 Å². The molecule has 154 valence electrons. The number of aromatic nitrogens is 2. The van der Waals surface area contributed by atoms with E-state index in [4.69, 9.17) is 0 Å². The molecule has 0 aliphatic carbocycles. The van der Waals surface area contributed by atoms with Gasteiger partial charge in [-0.1, -0.05) is 18.2 Å². The first-order valence-corrected chi connectivity index (χ1v) is 10.3. The zero-order valence-electron chi connectivity index (χ0n) is 16.7. The van der Waals surface area contributed by atoms with Gasteiger partial charge in [-0.2, -0.15) is 0 Å². The molecule has 0 bridgehead atoms. The lowest BCUT2D eigenvalue weighted by atomic mass is 10.1. The maximum Gasteiger partial charge on any atom is 0.258 e. The number of nitrogens with zero attached hydrogens (tertiary/aromatic N) is 2. The van der Waals surface area contributed by atoms with Crippen LogP contribution in [0.4, 0.5) is 5.69 Å². The van der Waals surface area contributed by atoms with Crippen molar-refractivity contribution in [3.63, 3.8) is 0 Å². The van der Waals surface area contributed by atoms with Gasteiger partial charge < -0.3 is 15.2 Å². The van der Waals surface area contributed by atoms with E-state index >= 15 is 0 Å². The normalized spacial score (nSPS) is 13.9. The van der Waals surface area contributed by atoms with E-state index in [1.165, 1.54) is 0 Å². The summed E-state index contributed by atoms with van der Waals surface area (Å²) in [6.07, 6.45) is 3.72. The van der Waals surface area contributed by atoms with Crippen molar-refractivity contribution in [2.45, 2.75) is 32.1 Å². The summed E-state index contributed by atoms with van der Waals surface area (Å²) in [6.45, 7) is 1.57. The highest BCUT2D eigenvalue weighted by Gasteiger charge is 2.18. The monoisotopic (exact) mass is 404 g/mol. The first-order valence-electron chi connectivity index (χ1n) is 10.3. The lowest BCUT2D eigenvalue weighted by Gasteiger charge is -2.26. The van der Waals surface area contributed by atoms with Gasteiger partial charge in [0.15, 0.2) is 0 Å². The van der Waals surface area contributed by atoms with Crippen molar-refractivity contribution >= 4 is 28.4 Å². The lowest BCUT2D eigenvalue weighted by molar-refractivity contribution is -0.116. The number of aromatic amines is 1. The Hall–Kier alpha value is -3.48. The number of carbonyl (C=O) groups excluding carboxylic acids is 2. The number of aryl methyl sites for hydroxylation is 1. The first kappa shape index (κ1) is 19.8. The summed E-state index contributed by atoms with van der Waals surface area (Å²) in [4.78, 5) is 46.2. The average Bonchev–Trinajstić information content (AvgIpc) is 2.78. The van der Waals surface area contributed by atoms with Crippen LogP contribution >= 0.6 is 0 Å². The molecule has 4 rings (SSSR count). The van der Waals surface area contributed by atoms with Gasteiger partial charge in [-0.15, -0.1) is 0 Å². The van der Waals surface area contributed by atoms with E-state index in [9.17, 15) is 14.4 Å². The van der Waals surface area contributed by atoms with Crippen LogP contribution in [-0.4, -0.2) is 39.8 Å². The van der Waals surface area contributed by atoms with Gasteiger partial charge in [-0.3, -0.25) is 14.4 Å². The Kier molecular flexibility index (Phi) is 5.88. The number of anilines is 1. The van der Waals surface area contributed by atoms with Gasteiger partial charge in [-0.05, 0) is 49.6 Å². The van der Waals surface area contributed by atoms with Crippen LogP contribution < -0.4 is 10.9 Å². The molecule has 1 fully saturated rings. The quantitative estimate of drug-likeness (QED) is 0.683. The Bertz CT molecular complexity index is 1130. The fourth-order valence-electron chi connectivity index (χ4n) is 3.72. The molecule has 0 spiro atoms. The Morgan fingerprint density at radius 3 is 2.67 bits per heavy atom. The number of amides is 2. The summed E-state index contributed by atoms with van der Waals surface area (Å²) < 4.78 is 0. The maximum absolute atomic E-state index is 12.7. The number of hydrogen-bond acceptors (Lipinski definition) is 4. The summed E-state index contributed by atoms with van der Waals surface area (Å²) in [7, 11) is 0. The Morgan fingerprint density at radius 2 is 1.83 bits per heavy atom. The Balaban J connectivity index is 1.38. The topological polar surface area (TPSA) is 95.2 Å². The predicted molar refractivity (Wildman–Crippen MR) is 116 cm³/mol. The van der Waals surface area contributed by atoms with Gasteiger partial charge in [0.05, 0.1) is 10.9 Å². The van der Waals surface area contributed by atoms with Crippen molar-refractivity contribution in [2.75, 3.05) is 18.4 Å². The highest BCUT2D eigenvalue weighted by Crippen LogP contribution is 2.17. The summed E-state index contributed by atoms with van der Waals surface area (Å²) in [5.41, 5.74) is 1.57. The number of benzene rings is 2. The van der Waals surface area contributed by atoms with Crippen LogP contribution in [0.25, 0.3) is 10.9 Å². The molecule has 3 aromatic rings. The van der Waals surface area contributed by atoms with Crippen LogP contribution in [0, 0.1) is 0 Å². The third-order valence-electron chi connectivity index (χ3n) is 5.29. The second-order valence-electron chi connectivity index (χ2n) is 7.51. The molecular weight excluding hydrogens is 380 g/mol. The van der Waals surface area contributed by atoms with Gasteiger partial charge in [0.2, 0.25) is 5.91 Å². The molecule has 1 aliphatic heterocycles. The third kappa shape index (κ3) is 4.56. The zero-order chi connectivity index (χ0) is 20.9. The van der Waals surface area contributed by atoms with E-state index in [0.717, 1.165) is 32.4 Å². The summed E-state index contributed by atoms with van der Waals surface area (Å²) in [5, 5.41) is 3.36. The minimum absolute atomic E-state index is 0.00346. The van der Waals surface area contributed by atoms with Crippen molar-refractivity contribution in [1.82, 2.24) is 14.9 Å². The van der Waals surface area contributed by atoms with Crippen LogP contribution in [-0.2, 0) is 11.2 Å². The number of rotatable bonds is 5. The fourth-order valence-corrected chi connectivity index (χ4v) is 3.72. The Labute approximate surface area is 174 Å². The maximum atomic E-state index is 12.7. The van der Waals surface area contributed by atoms with E-state index in [1.54, 1.807) is 42.5 Å². The SMILES string of the molecule is O=C(CCc1nc2ccccc2c(=O)[nH]1)Nc1cccc(C(=O)N2CCCCC2)c1. The van der Waals surface area contributed by atoms with Gasteiger partial charge in [0.25, 0.3) is 11.5 Å². The number of nitrogens with one attached hydrogen (secondary N) is 2. The minimum atomic E-state index is -0.208. The highest BCUT2D eigenvalue weighted by atomic mass is 16.2. The second-order valence-corrected chi connectivity index (χ2v) is 7.51. The molecule has 7 nitrogen and oxygen atoms in total. The van der Waals surface area contributed by atoms with Gasteiger partial charge in [0.1, 0.15) is 5.82 Å². The molecule has 2 heterocycles. The number of para-hydroxylation sites is 1. The Morgan fingerprint density at radius 1 is 1.03 bits per heavy atom. The van der Waals surface area contributed by atoms with Crippen LogP contribution in [0.1, 0.15) is 41.9 Å². The average molecular weight is 404 g/mol. The van der Waals surface area contributed by atoms with E-state index in [1.807, 2.05) is 11.0 Å². The molecule has 1 saturated heterocycles. The molecular formula is C23H24N4O3. The number of likely N-dealkylation sites (tertiary alicyclic amines) is 1. The fraction of sp³-hybridized carbons (Fsp3) is 0.304. The molecule has 2 aromatic carbocycles. The van der Waals surface area contributed by atoms with Gasteiger partial charge in [0, 0.05) is 37.2 Å². The van der Waals surface area contributed by atoms with Crippen LogP contribution in [0.5, 0.6) is 0 Å². The van der Waals surface area contributed by atoms with Crippen LogP contribution in [0.2, 0.25) is 0 Å². The molecule has 0 saturated carbocycles. The molecule has 30 heavy (non-hydrogen) atoms. The molecule has 2 amide bonds. The van der Waals surface area contributed by atoms with Crippen molar-refractivity contribution < 1.29 is 9.59 Å². The smallest absolute Gasteiger partial charge is 0.258 e. The van der Waals surface area contributed by atoms with Crippen LogP contribution in [0.3, 0.4) is 0 Å². The summed E-state index contributed by atoms with van der Waals surface area (Å²) in [5.74, 6) is 0.278. The standard InChI is InChI=1S/C23H24N4O3/c28-21(12-11-20-25-19-10-3-2-9-18(19)22(29)26-20)24-17-8-6-7-16(15-17)23(30)27-13-4-1-5-14-27/h2-3,6-10,15H,1,4-5,11-14H2,(H,24,28)(H,25,26,29). The largest absolute Gasteiger partial charge is 0.339 e. The van der Waals surface area contributed by atoms with E-state index in [0.29, 0.717) is 34.4 Å². The number of carbonyl (C=O) groups is 2. The molecule has 7 heteroatoms. The predicted octanol–water partition coefficient (Wildman–Crippen LogP) is 3.12.